The van der Waals surface area contributed by atoms with E-state index < -0.39 is 16.1 Å². The summed E-state index contributed by atoms with van der Waals surface area (Å²) >= 11 is 0. The molecule has 0 saturated carbocycles. The maximum absolute atomic E-state index is 13.1. The predicted molar refractivity (Wildman–Crippen MR) is 121 cm³/mol. The van der Waals surface area contributed by atoms with Gasteiger partial charge in [-0.1, -0.05) is 18.2 Å². The van der Waals surface area contributed by atoms with Crippen LogP contribution in [0.4, 0.5) is 5.82 Å². The number of β-amino-alcohol motifs (C(OH)–C–C–N with tert-alkyl or cyclic N) is 1. The van der Waals surface area contributed by atoms with Gasteiger partial charge < -0.3 is 15.5 Å². The van der Waals surface area contributed by atoms with Crippen LogP contribution in [0.1, 0.15) is 17.7 Å². The average molecular weight is 455 g/mol. The topological polar surface area (TPSA) is 116 Å². The van der Waals surface area contributed by atoms with Gasteiger partial charge in [0.2, 0.25) is 10.0 Å². The zero-order chi connectivity index (χ0) is 22.7. The third-order valence-electron chi connectivity index (χ3n) is 5.59. The number of aliphatic hydroxyl groups is 2. The number of hydrogen-bond acceptors (Lipinski definition) is 7. The number of rotatable bonds is 6. The van der Waals surface area contributed by atoms with Crippen molar-refractivity contribution < 1.29 is 18.6 Å². The normalized spacial score (nSPS) is 19.6. The van der Waals surface area contributed by atoms with Crippen LogP contribution in [0.25, 0.3) is 11.1 Å². The first-order chi connectivity index (χ1) is 15.4. The van der Waals surface area contributed by atoms with E-state index >= 15 is 0 Å². The molecule has 0 aliphatic carbocycles. The van der Waals surface area contributed by atoms with Crippen molar-refractivity contribution in [2.24, 2.45) is 0 Å². The summed E-state index contributed by atoms with van der Waals surface area (Å²) in [5, 5.41) is 23.0. The van der Waals surface area contributed by atoms with E-state index in [0.29, 0.717) is 24.5 Å². The fourth-order valence-electron chi connectivity index (χ4n) is 3.75. The molecule has 1 aromatic carbocycles. The molecule has 1 fully saturated rings. The highest BCUT2D eigenvalue weighted by Gasteiger charge is 2.34. The number of pyridine rings is 2. The van der Waals surface area contributed by atoms with Crippen molar-refractivity contribution in [3.05, 3.63) is 72.2 Å². The van der Waals surface area contributed by atoms with Crippen molar-refractivity contribution in [3.63, 3.8) is 0 Å². The summed E-state index contributed by atoms with van der Waals surface area (Å²) in [6.45, 7) is 2.10. The Morgan fingerprint density at radius 2 is 1.88 bits per heavy atom. The van der Waals surface area contributed by atoms with Crippen LogP contribution < -0.4 is 5.32 Å². The summed E-state index contributed by atoms with van der Waals surface area (Å²) in [6, 6.07) is 13.7. The van der Waals surface area contributed by atoms with Crippen molar-refractivity contribution in [3.8, 4) is 11.1 Å². The van der Waals surface area contributed by atoms with Gasteiger partial charge in [0.1, 0.15) is 5.82 Å². The number of aliphatic hydroxyl groups excluding tert-OH is 2. The van der Waals surface area contributed by atoms with E-state index in [0.717, 1.165) is 16.7 Å². The van der Waals surface area contributed by atoms with E-state index in [1.807, 2.05) is 19.1 Å². The molecule has 2 aromatic heterocycles. The highest BCUT2D eigenvalue weighted by Crippen LogP contribution is 2.26. The fourth-order valence-corrected chi connectivity index (χ4v) is 5.22. The number of aromatic nitrogens is 2. The molecule has 3 heterocycles. The Labute approximate surface area is 187 Å². The molecule has 1 aliphatic heterocycles. The second-order valence-electron chi connectivity index (χ2n) is 7.91. The Morgan fingerprint density at radius 3 is 2.53 bits per heavy atom. The highest BCUT2D eigenvalue weighted by molar-refractivity contribution is 7.89. The highest BCUT2D eigenvalue weighted by atomic mass is 32.2. The molecule has 0 radical (unpaired) electrons. The largest absolute Gasteiger partial charge is 0.390 e. The third kappa shape index (κ3) is 4.81. The first kappa shape index (κ1) is 22.3. The quantitative estimate of drug-likeness (QED) is 0.523. The van der Waals surface area contributed by atoms with Gasteiger partial charge in [0.25, 0.3) is 0 Å². The first-order valence-electron chi connectivity index (χ1n) is 10.4. The molecule has 9 heteroatoms. The zero-order valence-electron chi connectivity index (χ0n) is 17.7. The molecule has 0 bridgehead atoms. The van der Waals surface area contributed by atoms with Crippen LogP contribution in [-0.2, 0) is 16.6 Å². The van der Waals surface area contributed by atoms with Gasteiger partial charge in [-0.05, 0) is 60.4 Å². The van der Waals surface area contributed by atoms with E-state index in [-0.39, 0.29) is 24.1 Å². The van der Waals surface area contributed by atoms with E-state index in [9.17, 15) is 18.6 Å². The Morgan fingerprint density at radius 1 is 1.09 bits per heavy atom. The molecule has 0 spiro atoms. The summed E-state index contributed by atoms with van der Waals surface area (Å²) in [5.74, 6) is 0.659. The minimum Gasteiger partial charge on any atom is -0.390 e. The third-order valence-corrected chi connectivity index (χ3v) is 7.47. The average Bonchev–Trinajstić information content (AvgIpc) is 2.82. The summed E-state index contributed by atoms with van der Waals surface area (Å²) < 4.78 is 27.6. The maximum Gasteiger partial charge on any atom is 0.243 e. The second-order valence-corrected chi connectivity index (χ2v) is 9.85. The molecule has 1 saturated heterocycles. The molecule has 3 aromatic rings. The maximum atomic E-state index is 13.1. The minimum absolute atomic E-state index is 0.0117. The second kappa shape index (κ2) is 9.33. The number of nitrogens with zero attached hydrogens (tertiary/aromatic N) is 3. The molecule has 2 atom stereocenters. The summed E-state index contributed by atoms with van der Waals surface area (Å²) in [7, 11) is -3.73. The molecule has 32 heavy (non-hydrogen) atoms. The Bertz CT molecular complexity index is 1170. The molecule has 4 rings (SSSR count). The van der Waals surface area contributed by atoms with Crippen LogP contribution in [0.5, 0.6) is 0 Å². The molecule has 3 N–H and O–H groups in total. The number of piperidine rings is 1. The first-order valence-corrected chi connectivity index (χ1v) is 11.8. The van der Waals surface area contributed by atoms with E-state index in [4.69, 9.17) is 0 Å². The van der Waals surface area contributed by atoms with Crippen molar-refractivity contribution in [2.75, 3.05) is 18.4 Å². The van der Waals surface area contributed by atoms with E-state index in [2.05, 4.69) is 15.3 Å². The van der Waals surface area contributed by atoms with Gasteiger partial charge in [-0.3, -0.25) is 4.98 Å². The molecule has 1 aliphatic rings. The number of hydrogen-bond donors (Lipinski definition) is 3. The molecule has 0 unspecified atom stereocenters. The number of aryl methyl sites for hydroxylation is 1. The van der Waals surface area contributed by atoms with Gasteiger partial charge in [-0.15, -0.1) is 0 Å². The van der Waals surface area contributed by atoms with Crippen molar-refractivity contribution in [1.29, 1.82) is 0 Å². The van der Waals surface area contributed by atoms with Gasteiger partial charge in [0.05, 0.1) is 29.3 Å². The number of anilines is 1. The predicted octanol–water partition coefficient (Wildman–Crippen LogP) is 2.18. The van der Waals surface area contributed by atoms with Gasteiger partial charge in [-0.2, -0.15) is 4.31 Å². The van der Waals surface area contributed by atoms with Crippen LogP contribution in [0.2, 0.25) is 0 Å². The molecular formula is C23H26N4O4S. The lowest BCUT2D eigenvalue weighted by Crippen LogP contribution is -2.51. The fraction of sp³-hybridized carbons (Fsp3) is 0.304. The van der Waals surface area contributed by atoms with Crippen molar-refractivity contribution in [2.45, 2.75) is 37.0 Å². The molecule has 168 valence electrons. The molecule has 8 nitrogen and oxygen atoms in total. The van der Waals surface area contributed by atoms with E-state index in [1.54, 1.807) is 48.8 Å². The van der Waals surface area contributed by atoms with Crippen LogP contribution in [-0.4, -0.2) is 58.1 Å². The zero-order valence-corrected chi connectivity index (χ0v) is 18.5. The summed E-state index contributed by atoms with van der Waals surface area (Å²) in [5.41, 5.74) is 3.26. The number of benzene rings is 1. The smallest absolute Gasteiger partial charge is 0.243 e. The number of nitrogens with one attached hydrogen (secondary N) is 1. The van der Waals surface area contributed by atoms with Gasteiger partial charge in [0, 0.05) is 25.5 Å². The SMILES string of the molecule is Cc1ccc(N[C@@H]2CCN(S(=O)(=O)c3ccc(-c4ccnc(CO)c4)cc3)C[C@@H]2O)nc1. The van der Waals surface area contributed by atoms with Crippen LogP contribution >= 0.6 is 0 Å². The van der Waals surface area contributed by atoms with Crippen molar-refractivity contribution >= 4 is 15.8 Å². The lowest BCUT2D eigenvalue weighted by Gasteiger charge is -2.35. The lowest BCUT2D eigenvalue weighted by molar-refractivity contribution is 0.0949. The summed E-state index contributed by atoms with van der Waals surface area (Å²) in [4.78, 5) is 8.53. The van der Waals surface area contributed by atoms with E-state index in [1.165, 1.54) is 4.31 Å². The van der Waals surface area contributed by atoms with Gasteiger partial charge in [0.15, 0.2) is 0 Å². The molecular weight excluding hydrogens is 428 g/mol. The number of sulfonamides is 1. The monoisotopic (exact) mass is 454 g/mol. The Balaban J connectivity index is 1.45. The summed E-state index contributed by atoms with van der Waals surface area (Å²) in [6.07, 6.45) is 2.97. The lowest BCUT2D eigenvalue weighted by atomic mass is 10.0. The minimum atomic E-state index is -3.73. The Kier molecular flexibility index (Phi) is 6.52. The van der Waals surface area contributed by atoms with Crippen LogP contribution in [0.15, 0.2) is 65.8 Å². The van der Waals surface area contributed by atoms with Gasteiger partial charge >= 0.3 is 0 Å². The van der Waals surface area contributed by atoms with Crippen LogP contribution in [0, 0.1) is 6.92 Å². The van der Waals surface area contributed by atoms with Crippen LogP contribution in [0.3, 0.4) is 0 Å². The van der Waals surface area contributed by atoms with Gasteiger partial charge in [-0.25, -0.2) is 13.4 Å². The molecule has 0 amide bonds. The Hall–Kier alpha value is -2.85. The standard InChI is InChI=1S/C23H26N4O4S/c1-16-2-7-23(25-13-16)26-21-9-11-27(14-22(21)29)32(30,31)20-5-3-17(4-6-20)18-8-10-24-19(12-18)15-28/h2-8,10,12-13,21-22,28-29H,9,11,14-15H2,1H3,(H,25,26)/t21-,22+/m1/s1. The van der Waals surface area contributed by atoms with Crippen molar-refractivity contribution in [1.82, 2.24) is 14.3 Å².